The van der Waals surface area contributed by atoms with E-state index in [2.05, 4.69) is 112 Å². The fraction of sp³-hybridized carbons (Fsp3) is 0.400. The maximum absolute atomic E-state index is 11.6. The third kappa shape index (κ3) is 10.6. The third-order valence-corrected chi connectivity index (χ3v) is 14.9. The van der Waals surface area contributed by atoms with Gasteiger partial charge in [0.15, 0.2) is 6.54 Å². The van der Waals surface area contributed by atoms with Crippen molar-refractivity contribution in [3.05, 3.63) is 106 Å². The molecule has 9 nitrogen and oxygen atoms in total. The van der Waals surface area contributed by atoms with Crippen LogP contribution in [0.2, 0.25) is 0 Å². The maximum Gasteiger partial charge on any atom is 0.263 e. The largest absolute Gasteiger partial charge is 0.748 e. The van der Waals surface area contributed by atoms with Crippen molar-refractivity contribution >= 4 is 86.9 Å². The zero-order valence-electron chi connectivity index (χ0n) is 34.3. The minimum absolute atomic E-state index is 0.0626. The monoisotopic (exact) mass is 861 g/mol. The summed E-state index contributed by atoms with van der Waals surface area (Å²) in [6, 6.07) is 24.8. The molecule has 310 valence electrons. The summed E-state index contributed by atoms with van der Waals surface area (Å²) in [5.41, 5.74) is 5.56. The van der Waals surface area contributed by atoms with Crippen molar-refractivity contribution in [3.8, 4) is 0 Å². The van der Waals surface area contributed by atoms with Gasteiger partial charge in [-0.2, -0.15) is 4.57 Å². The number of nitrogens with zero attached hydrogens (tertiary/aromatic N) is 2. The van der Waals surface area contributed by atoms with Crippen molar-refractivity contribution in [2.75, 3.05) is 42.6 Å². The predicted molar refractivity (Wildman–Crippen MR) is 239 cm³/mol. The van der Waals surface area contributed by atoms with Gasteiger partial charge in [0, 0.05) is 40.8 Å². The molecule has 1 aliphatic heterocycles. The minimum Gasteiger partial charge on any atom is -0.748 e. The van der Waals surface area contributed by atoms with Crippen LogP contribution in [0.5, 0.6) is 0 Å². The van der Waals surface area contributed by atoms with Crippen molar-refractivity contribution in [1.29, 1.82) is 0 Å². The number of quaternary nitrogens is 1. The third-order valence-electron chi connectivity index (χ3n) is 11.2. The number of aromatic nitrogens is 1. The summed E-state index contributed by atoms with van der Waals surface area (Å²) in [6.07, 6.45) is 6.60. The first-order chi connectivity index (χ1) is 27.5. The molecule has 7 rings (SSSR count). The highest BCUT2D eigenvalue weighted by molar-refractivity contribution is 8.03. The van der Waals surface area contributed by atoms with Crippen LogP contribution in [0, 0.1) is 5.41 Å². The molecule has 2 heterocycles. The highest BCUT2D eigenvalue weighted by Crippen LogP contribution is 2.51. The molecule has 1 N–H and O–H groups in total. The van der Waals surface area contributed by atoms with Crippen molar-refractivity contribution < 1.29 is 35.4 Å². The van der Waals surface area contributed by atoms with E-state index in [4.69, 9.17) is 0 Å². The van der Waals surface area contributed by atoms with E-state index in [1.807, 2.05) is 24.3 Å². The van der Waals surface area contributed by atoms with Crippen molar-refractivity contribution in [3.63, 3.8) is 0 Å². The second-order valence-corrected chi connectivity index (χ2v) is 21.1. The molecule has 0 saturated heterocycles. The summed E-state index contributed by atoms with van der Waals surface area (Å²) >= 11 is 3.33. The Balaban J connectivity index is 0.000000743. The van der Waals surface area contributed by atoms with E-state index in [0.717, 1.165) is 65.2 Å². The summed E-state index contributed by atoms with van der Waals surface area (Å²) in [5.74, 6) is -0.844. The molecule has 0 atom stereocenters. The fourth-order valence-electron chi connectivity index (χ4n) is 8.14. The standard InChI is InChI=1S/C39H40N2O6S4.C6H15N/c1-26-29(22-35-40(18-8-20-50(42,43)44)37-31-12-6-4-10-27(31)14-16-33(37)48-35)24-39(2,3)25-30(26)23-36-41(19-9-21-51(45,46)47)38-32-13-7-5-11-28(32)15-17-34(38)49-36;1-4-7(5-2)6-3/h4-7,10-17,22-23H,8-9,18-21,24-25H2,1-3H3,(H-,42,43,44,45,46,47);4-6H2,1-3H3. The second-order valence-electron chi connectivity index (χ2n) is 16.0. The van der Waals surface area contributed by atoms with Crippen molar-refractivity contribution in [2.24, 2.45) is 5.41 Å². The average molecular weight is 862 g/mol. The Morgan fingerprint density at radius 1 is 0.793 bits per heavy atom. The number of benzene rings is 4. The van der Waals surface area contributed by atoms with Crippen LogP contribution in [0.3, 0.4) is 0 Å². The maximum atomic E-state index is 11.6. The van der Waals surface area contributed by atoms with E-state index in [9.17, 15) is 25.9 Å². The van der Waals surface area contributed by atoms with Crippen molar-refractivity contribution in [1.82, 2.24) is 0 Å². The molecule has 0 fully saturated rings. The van der Waals surface area contributed by atoms with Crippen molar-refractivity contribution in [2.45, 2.75) is 78.7 Å². The molecule has 0 bridgehead atoms. The van der Waals surface area contributed by atoms with Gasteiger partial charge < -0.3 is 18.9 Å². The van der Waals surface area contributed by atoms with E-state index in [-0.39, 0.29) is 18.3 Å². The zero-order valence-corrected chi connectivity index (χ0v) is 37.6. The molecule has 0 radical (unpaired) electrons. The number of rotatable bonds is 13. The lowest BCUT2D eigenvalue weighted by molar-refractivity contribution is -0.894. The first-order valence-corrected chi connectivity index (χ1v) is 24.9. The number of allylic oxidation sites excluding steroid dienone is 4. The summed E-state index contributed by atoms with van der Waals surface area (Å²) in [7, 11) is -8.69. The number of thioether (sulfide) groups is 1. The lowest BCUT2D eigenvalue weighted by Gasteiger charge is -2.34. The van der Waals surface area contributed by atoms with E-state index in [0.29, 0.717) is 13.1 Å². The highest BCUT2D eigenvalue weighted by atomic mass is 32.2. The first kappa shape index (κ1) is 44.0. The molecular weight excluding hydrogens is 807 g/mol. The van der Waals surface area contributed by atoms with Gasteiger partial charge in [0.1, 0.15) is 4.70 Å². The van der Waals surface area contributed by atoms with Gasteiger partial charge in [-0.1, -0.05) is 91.5 Å². The normalized spacial score (nSPS) is 17.2. The number of hydrogen-bond acceptors (Lipinski definition) is 9. The summed E-state index contributed by atoms with van der Waals surface area (Å²) in [4.78, 5) is 4.95. The number of fused-ring (bicyclic) bond motifs is 6. The Bertz CT molecular complexity index is 2620. The molecule has 1 aromatic heterocycles. The molecular formula is C45H55N3O6S4. The Hall–Kier alpha value is -3.56. The fourth-order valence-corrected chi connectivity index (χ4v) is 11.4. The first-order valence-electron chi connectivity index (χ1n) is 20.1. The van der Waals surface area contributed by atoms with E-state index in [1.165, 1.54) is 36.4 Å². The highest BCUT2D eigenvalue weighted by Gasteiger charge is 2.33. The van der Waals surface area contributed by atoms with Gasteiger partial charge in [-0.25, -0.2) is 16.8 Å². The molecule has 5 aromatic rings. The lowest BCUT2D eigenvalue weighted by atomic mass is 9.72. The second kappa shape index (κ2) is 18.4. The number of aryl methyl sites for hydroxylation is 1. The van der Waals surface area contributed by atoms with Gasteiger partial charge in [0.05, 0.1) is 56.0 Å². The van der Waals surface area contributed by atoms with Gasteiger partial charge in [-0.3, -0.25) is 0 Å². The quantitative estimate of drug-likeness (QED) is 0.0927. The van der Waals surface area contributed by atoms with Crippen LogP contribution < -0.4 is 14.4 Å². The molecule has 0 unspecified atom stereocenters. The zero-order chi connectivity index (χ0) is 41.8. The van der Waals surface area contributed by atoms with E-state index in [1.54, 1.807) is 28.0 Å². The SMILES string of the molecule is CC1=C(/C=C2\Sc3ccc4ccccc4c3N2CCCS(=O)(=O)[O-])CC(C)(C)C/C1=C\c1sc2ccc3ccccc3c2[n+]1CCCS(=O)(=O)[O-].CC[NH+](CC)CC. The van der Waals surface area contributed by atoms with Gasteiger partial charge in [0.25, 0.3) is 5.01 Å². The van der Waals surface area contributed by atoms with E-state index >= 15 is 0 Å². The number of thiazole rings is 1. The summed E-state index contributed by atoms with van der Waals surface area (Å²) in [6.45, 7) is 18.0. The molecule has 58 heavy (non-hydrogen) atoms. The van der Waals surface area contributed by atoms with Crippen LogP contribution in [-0.4, -0.2) is 63.6 Å². The van der Waals surface area contributed by atoms with Gasteiger partial charge in [-0.05, 0) is 104 Å². The topological polar surface area (TPSA) is 126 Å². The Morgan fingerprint density at radius 3 is 2.03 bits per heavy atom. The van der Waals surface area contributed by atoms with Crippen LogP contribution in [-0.2, 0) is 26.8 Å². The molecule has 4 aromatic carbocycles. The van der Waals surface area contributed by atoms with Crippen LogP contribution in [0.25, 0.3) is 37.8 Å². The van der Waals surface area contributed by atoms with E-state index < -0.39 is 31.7 Å². The Labute approximate surface area is 352 Å². The average Bonchev–Trinajstić information content (AvgIpc) is 3.70. The lowest BCUT2D eigenvalue weighted by Crippen LogP contribution is -3.11. The van der Waals surface area contributed by atoms with Crippen LogP contribution >= 0.6 is 23.1 Å². The summed E-state index contributed by atoms with van der Waals surface area (Å²) in [5, 5.41) is 6.35. The molecule has 13 heteroatoms. The molecule has 0 amide bonds. The van der Waals surface area contributed by atoms with Crippen LogP contribution in [0.15, 0.2) is 106 Å². The number of hydrogen-bond donors (Lipinski definition) is 1. The number of anilines is 1. The van der Waals surface area contributed by atoms with Gasteiger partial charge in [-0.15, -0.1) is 0 Å². The number of nitrogens with one attached hydrogen (secondary N) is 1. The Kier molecular flexibility index (Phi) is 13.9. The van der Waals surface area contributed by atoms with Crippen LogP contribution in [0.4, 0.5) is 5.69 Å². The van der Waals surface area contributed by atoms with Crippen LogP contribution in [0.1, 0.15) is 72.2 Å². The molecule has 0 saturated carbocycles. The predicted octanol–water partition coefficient (Wildman–Crippen LogP) is 8.27. The Morgan fingerprint density at radius 2 is 1.40 bits per heavy atom. The smallest absolute Gasteiger partial charge is 0.263 e. The molecule has 0 spiro atoms. The van der Waals surface area contributed by atoms with Gasteiger partial charge in [0.2, 0.25) is 5.52 Å². The molecule has 2 aliphatic rings. The molecule has 1 aliphatic carbocycles. The van der Waals surface area contributed by atoms with Gasteiger partial charge >= 0.3 is 0 Å². The summed E-state index contributed by atoms with van der Waals surface area (Å²) < 4.78 is 72.6. The minimum atomic E-state index is -4.35.